The lowest BCUT2D eigenvalue weighted by molar-refractivity contribution is 0.279. The van der Waals surface area contributed by atoms with E-state index in [0.29, 0.717) is 6.61 Å². The number of aliphatic imine (C=N–C) groups is 1. The van der Waals surface area contributed by atoms with Gasteiger partial charge in [0.05, 0.1) is 5.54 Å². The Labute approximate surface area is 83.8 Å². The Bertz CT molecular complexity index is 383. The topological polar surface area (TPSA) is 34.5 Å². The average Bonchev–Trinajstić information content (AvgIpc) is 2.47. The van der Waals surface area contributed by atoms with Crippen molar-refractivity contribution in [1.29, 1.82) is 0 Å². The first-order valence-corrected chi connectivity index (χ1v) is 4.72. The van der Waals surface area contributed by atoms with Gasteiger partial charge >= 0.3 is 0 Å². The largest absolute Gasteiger partial charge is 0.475 e. The van der Waals surface area contributed by atoms with Crippen LogP contribution in [0, 0.1) is 6.92 Å². The van der Waals surface area contributed by atoms with Crippen molar-refractivity contribution >= 4 is 5.90 Å². The molecule has 0 saturated heterocycles. The minimum Gasteiger partial charge on any atom is -0.475 e. The van der Waals surface area contributed by atoms with Crippen LogP contribution < -0.4 is 0 Å². The third-order valence-electron chi connectivity index (χ3n) is 2.22. The van der Waals surface area contributed by atoms with Gasteiger partial charge in [0.25, 0.3) is 0 Å². The zero-order valence-electron chi connectivity index (χ0n) is 8.74. The van der Waals surface area contributed by atoms with E-state index in [1.54, 1.807) is 6.20 Å². The van der Waals surface area contributed by atoms with E-state index < -0.39 is 0 Å². The second-order valence-corrected chi connectivity index (χ2v) is 4.21. The minimum absolute atomic E-state index is 0.0922. The van der Waals surface area contributed by atoms with Gasteiger partial charge in [0.2, 0.25) is 5.90 Å². The van der Waals surface area contributed by atoms with Crippen molar-refractivity contribution in [2.75, 3.05) is 6.61 Å². The molecule has 74 valence electrons. The van der Waals surface area contributed by atoms with E-state index in [1.165, 1.54) is 0 Å². The van der Waals surface area contributed by atoms with Crippen molar-refractivity contribution in [3.8, 4) is 0 Å². The van der Waals surface area contributed by atoms with Crippen LogP contribution in [-0.2, 0) is 4.74 Å². The molecular formula is C11H14N2O. The molecule has 3 nitrogen and oxygen atoms in total. The van der Waals surface area contributed by atoms with Crippen molar-refractivity contribution in [1.82, 2.24) is 4.98 Å². The summed E-state index contributed by atoms with van der Waals surface area (Å²) in [5.41, 5.74) is 2.06. The van der Waals surface area contributed by atoms with Crippen LogP contribution in [0.25, 0.3) is 0 Å². The Kier molecular flexibility index (Phi) is 2.02. The first kappa shape index (κ1) is 9.19. The highest BCUT2D eigenvalue weighted by Crippen LogP contribution is 2.21. The maximum absolute atomic E-state index is 5.56. The van der Waals surface area contributed by atoms with E-state index in [9.17, 15) is 0 Å². The van der Waals surface area contributed by atoms with Crippen molar-refractivity contribution in [3.63, 3.8) is 0 Å². The Hall–Kier alpha value is -1.38. The van der Waals surface area contributed by atoms with E-state index >= 15 is 0 Å². The number of ether oxygens (including phenoxy) is 1. The van der Waals surface area contributed by atoms with Gasteiger partial charge in [-0.05, 0) is 32.4 Å². The van der Waals surface area contributed by atoms with E-state index in [4.69, 9.17) is 4.74 Å². The molecule has 0 aromatic carbocycles. The first-order chi connectivity index (χ1) is 6.58. The molecule has 1 aromatic rings. The molecule has 0 atom stereocenters. The summed E-state index contributed by atoms with van der Waals surface area (Å²) < 4.78 is 5.56. The molecule has 0 saturated carbocycles. The van der Waals surface area contributed by atoms with Crippen LogP contribution in [0.4, 0.5) is 0 Å². The molecule has 2 rings (SSSR count). The Morgan fingerprint density at radius 2 is 2.21 bits per heavy atom. The molecule has 0 aliphatic carbocycles. The molecule has 1 aliphatic rings. The van der Waals surface area contributed by atoms with E-state index in [0.717, 1.165) is 17.0 Å². The summed E-state index contributed by atoms with van der Waals surface area (Å²) in [6.07, 6.45) is 3.59. The Morgan fingerprint density at radius 3 is 2.79 bits per heavy atom. The maximum Gasteiger partial charge on any atom is 0.217 e. The fourth-order valence-electron chi connectivity index (χ4n) is 1.44. The number of hydrogen-bond donors (Lipinski definition) is 0. The maximum atomic E-state index is 5.56. The predicted octanol–water partition coefficient (Wildman–Crippen LogP) is 1.95. The Balaban J connectivity index is 2.38. The van der Waals surface area contributed by atoms with Crippen LogP contribution in [0.15, 0.2) is 23.5 Å². The summed E-state index contributed by atoms with van der Waals surface area (Å²) in [5.74, 6) is 0.745. The first-order valence-electron chi connectivity index (χ1n) is 4.72. The van der Waals surface area contributed by atoms with Gasteiger partial charge in [0.15, 0.2) is 0 Å². The number of aromatic nitrogens is 1. The summed E-state index contributed by atoms with van der Waals surface area (Å²) in [6.45, 7) is 6.80. The highest BCUT2D eigenvalue weighted by atomic mass is 16.5. The zero-order valence-corrected chi connectivity index (χ0v) is 8.74. The molecule has 0 spiro atoms. The van der Waals surface area contributed by atoms with Crippen molar-refractivity contribution < 1.29 is 4.74 Å². The molecule has 2 heterocycles. The summed E-state index contributed by atoms with van der Waals surface area (Å²) in [5, 5.41) is 0. The second kappa shape index (κ2) is 3.08. The van der Waals surface area contributed by atoms with Gasteiger partial charge < -0.3 is 4.74 Å². The lowest BCUT2D eigenvalue weighted by Gasteiger charge is -2.07. The lowest BCUT2D eigenvalue weighted by Crippen LogP contribution is -2.17. The van der Waals surface area contributed by atoms with Gasteiger partial charge in [0.1, 0.15) is 6.61 Å². The third-order valence-corrected chi connectivity index (χ3v) is 2.22. The number of aryl methyl sites for hydroxylation is 1. The van der Waals surface area contributed by atoms with Gasteiger partial charge in [-0.3, -0.25) is 4.98 Å². The fraction of sp³-hybridized carbons (Fsp3) is 0.455. The molecule has 1 aliphatic heterocycles. The Morgan fingerprint density at radius 1 is 1.43 bits per heavy atom. The zero-order chi connectivity index (χ0) is 10.2. The molecule has 0 unspecified atom stereocenters. The van der Waals surface area contributed by atoms with E-state index in [1.807, 2.05) is 19.2 Å². The van der Waals surface area contributed by atoms with Crippen molar-refractivity contribution in [2.24, 2.45) is 4.99 Å². The van der Waals surface area contributed by atoms with Crippen molar-refractivity contribution in [3.05, 3.63) is 29.6 Å². The third kappa shape index (κ3) is 1.62. The SMILES string of the molecule is Cc1cnccc1C1=NC(C)(C)CO1. The number of hydrogen-bond acceptors (Lipinski definition) is 3. The summed E-state index contributed by atoms with van der Waals surface area (Å²) in [4.78, 5) is 8.56. The molecule has 0 N–H and O–H groups in total. The van der Waals surface area contributed by atoms with Gasteiger partial charge in [0, 0.05) is 18.0 Å². The molecule has 3 heteroatoms. The normalized spacial score (nSPS) is 18.9. The molecule has 0 amide bonds. The smallest absolute Gasteiger partial charge is 0.217 e. The molecule has 0 fully saturated rings. The number of pyridine rings is 1. The van der Waals surface area contributed by atoms with Gasteiger partial charge in [-0.1, -0.05) is 0 Å². The summed E-state index contributed by atoms with van der Waals surface area (Å²) >= 11 is 0. The monoisotopic (exact) mass is 190 g/mol. The van der Waals surface area contributed by atoms with Crippen LogP contribution in [0.5, 0.6) is 0 Å². The van der Waals surface area contributed by atoms with Crippen LogP contribution in [0.3, 0.4) is 0 Å². The van der Waals surface area contributed by atoms with Crippen LogP contribution >= 0.6 is 0 Å². The number of nitrogens with zero attached hydrogens (tertiary/aromatic N) is 2. The molecule has 14 heavy (non-hydrogen) atoms. The van der Waals surface area contributed by atoms with Gasteiger partial charge in [-0.2, -0.15) is 0 Å². The van der Waals surface area contributed by atoms with Gasteiger partial charge in [-0.25, -0.2) is 4.99 Å². The van der Waals surface area contributed by atoms with E-state index in [2.05, 4.69) is 23.8 Å². The molecule has 0 radical (unpaired) electrons. The second-order valence-electron chi connectivity index (χ2n) is 4.21. The van der Waals surface area contributed by atoms with Crippen LogP contribution in [-0.4, -0.2) is 23.0 Å². The highest BCUT2D eigenvalue weighted by molar-refractivity contribution is 5.96. The van der Waals surface area contributed by atoms with Gasteiger partial charge in [-0.15, -0.1) is 0 Å². The van der Waals surface area contributed by atoms with Crippen molar-refractivity contribution in [2.45, 2.75) is 26.3 Å². The highest BCUT2D eigenvalue weighted by Gasteiger charge is 2.27. The quantitative estimate of drug-likeness (QED) is 0.678. The fourth-order valence-corrected chi connectivity index (χ4v) is 1.44. The minimum atomic E-state index is -0.0922. The summed E-state index contributed by atoms with van der Waals surface area (Å²) in [7, 11) is 0. The standard InChI is InChI=1S/C11H14N2O/c1-8-6-12-5-4-9(8)10-13-11(2,3)7-14-10/h4-6H,7H2,1-3H3. The average molecular weight is 190 g/mol. The molecule has 1 aromatic heterocycles. The summed E-state index contributed by atoms with van der Waals surface area (Å²) in [6, 6.07) is 1.94. The molecular weight excluding hydrogens is 176 g/mol. The van der Waals surface area contributed by atoms with Crippen LogP contribution in [0.2, 0.25) is 0 Å². The molecule has 0 bridgehead atoms. The number of rotatable bonds is 1. The van der Waals surface area contributed by atoms with Crippen LogP contribution in [0.1, 0.15) is 25.0 Å². The lowest BCUT2D eigenvalue weighted by atomic mass is 10.1. The predicted molar refractivity (Wildman–Crippen MR) is 55.5 cm³/mol. The van der Waals surface area contributed by atoms with E-state index in [-0.39, 0.29) is 5.54 Å².